The van der Waals surface area contributed by atoms with Crippen LogP contribution >= 0.6 is 0 Å². The monoisotopic (exact) mass is 393 g/mol. The summed E-state index contributed by atoms with van der Waals surface area (Å²) < 4.78 is 6.13. The molecule has 1 amide bonds. The molecule has 0 spiro atoms. The number of hydrogen-bond acceptors (Lipinski definition) is 2. The number of nitrogens with zero attached hydrogens (tertiary/aromatic N) is 1. The summed E-state index contributed by atoms with van der Waals surface area (Å²) in [6.45, 7) is 19.1. The van der Waals surface area contributed by atoms with Gasteiger partial charge in [0.25, 0.3) is 0 Å². The van der Waals surface area contributed by atoms with E-state index >= 15 is 0 Å². The van der Waals surface area contributed by atoms with E-state index in [0.29, 0.717) is 5.75 Å². The molecular formula is C25H31NO3. The summed E-state index contributed by atoms with van der Waals surface area (Å²) in [6, 6.07) is 15.3. The molecule has 2 aromatic carbocycles. The minimum absolute atomic E-state index is 0.597. The number of benzene rings is 2. The molecule has 0 heterocycles. The topological polar surface area (TPSA) is 49.8 Å². The third-order valence-electron chi connectivity index (χ3n) is 5.09. The maximum atomic E-state index is 12.3. The van der Waals surface area contributed by atoms with Crippen molar-refractivity contribution in [2.45, 2.75) is 52.8 Å². The van der Waals surface area contributed by atoms with Gasteiger partial charge in [0.1, 0.15) is 5.75 Å². The van der Waals surface area contributed by atoms with E-state index in [1.807, 2.05) is 76.2 Å². The first-order valence-corrected chi connectivity index (χ1v) is 9.61. The molecule has 1 N–H and O–H groups in total. The van der Waals surface area contributed by atoms with Crippen LogP contribution in [0.15, 0.2) is 61.7 Å². The summed E-state index contributed by atoms with van der Waals surface area (Å²) in [4.78, 5) is 13.6. The summed E-state index contributed by atoms with van der Waals surface area (Å²) in [5.41, 5.74) is 2.92. The zero-order valence-electron chi connectivity index (χ0n) is 18.2. The molecule has 0 fully saturated rings. The Labute approximate surface area is 174 Å². The highest BCUT2D eigenvalue weighted by molar-refractivity contribution is 5.68. The van der Waals surface area contributed by atoms with Crippen LogP contribution in [0.1, 0.15) is 58.2 Å². The highest BCUT2D eigenvalue weighted by atomic mass is 16.5. The van der Waals surface area contributed by atoms with E-state index in [-0.39, 0.29) is 0 Å². The highest BCUT2D eigenvalue weighted by Crippen LogP contribution is 2.36. The standard InChI is InChI=1S/C25H31NO3/c1-17(2)19-9-13-21(14-10-19)24(5,6)26(23(27)28)25(7,8)29-22-15-11-20(12-16-22)18(3)4/h9-16H,1,3H2,2,4-8H3,(H,27,28). The van der Waals surface area contributed by atoms with Crippen molar-refractivity contribution in [3.63, 3.8) is 0 Å². The number of ether oxygens (including phenoxy) is 1. The minimum Gasteiger partial charge on any atom is -0.468 e. The third-order valence-corrected chi connectivity index (χ3v) is 5.09. The van der Waals surface area contributed by atoms with Gasteiger partial charge in [-0.05, 0) is 70.4 Å². The second-order valence-corrected chi connectivity index (χ2v) is 8.39. The minimum atomic E-state index is -1.10. The van der Waals surface area contributed by atoms with Gasteiger partial charge in [-0.1, -0.05) is 60.7 Å². The van der Waals surface area contributed by atoms with Gasteiger partial charge in [0.2, 0.25) is 0 Å². The first-order valence-electron chi connectivity index (χ1n) is 9.61. The van der Waals surface area contributed by atoms with Crippen molar-refractivity contribution < 1.29 is 14.6 Å². The Bertz CT molecular complexity index is 906. The fourth-order valence-corrected chi connectivity index (χ4v) is 3.58. The lowest BCUT2D eigenvalue weighted by Gasteiger charge is -2.46. The lowest BCUT2D eigenvalue weighted by molar-refractivity contribution is -0.0889. The molecule has 4 nitrogen and oxygen atoms in total. The molecular weight excluding hydrogens is 362 g/mol. The SMILES string of the molecule is C=C(C)c1ccc(OC(C)(C)N(C(=O)O)C(C)(C)c2ccc(C(=C)C)cc2)cc1. The van der Waals surface area contributed by atoms with Crippen LogP contribution < -0.4 is 4.74 Å². The number of carbonyl (C=O) groups is 1. The predicted octanol–water partition coefficient (Wildman–Crippen LogP) is 6.78. The van der Waals surface area contributed by atoms with E-state index in [4.69, 9.17) is 4.74 Å². The molecule has 0 radical (unpaired) electrons. The van der Waals surface area contributed by atoms with Crippen LogP contribution in [-0.2, 0) is 5.54 Å². The molecule has 0 bridgehead atoms. The molecule has 154 valence electrons. The Morgan fingerprint density at radius 2 is 1.28 bits per heavy atom. The molecule has 0 aliphatic rings. The molecule has 0 saturated heterocycles. The lowest BCUT2D eigenvalue weighted by Crippen LogP contribution is -2.59. The van der Waals surface area contributed by atoms with Crippen LogP contribution in [0.5, 0.6) is 5.75 Å². The van der Waals surface area contributed by atoms with Crippen LogP contribution in [0.4, 0.5) is 4.79 Å². The van der Waals surface area contributed by atoms with Crippen molar-refractivity contribution in [3.05, 3.63) is 78.4 Å². The molecule has 0 aromatic heterocycles. The quantitative estimate of drug-likeness (QED) is 0.527. The van der Waals surface area contributed by atoms with Gasteiger partial charge in [-0.2, -0.15) is 0 Å². The third kappa shape index (κ3) is 4.89. The van der Waals surface area contributed by atoms with Crippen molar-refractivity contribution in [2.24, 2.45) is 0 Å². The number of hydrogen-bond donors (Lipinski definition) is 1. The van der Waals surface area contributed by atoms with Crippen molar-refractivity contribution in [3.8, 4) is 5.75 Å². The smallest absolute Gasteiger partial charge is 0.411 e. The normalized spacial score (nSPS) is 11.7. The van der Waals surface area contributed by atoms with Gasteiger partial charge in [-0.15, -0.1) is 0 Å². The maximum Gasteiger partial charge on any atom is 0.411 e. The molecule has 0 atom stereocenters. The molecule has 0 saturated carbocycles. The largest absolute Gasteiger partial charge is 0.468 e. The Kier molecular flexibility index (Phi) is 6.27. The number of rotatable bonds is 7. The van der Waals surface area contributed by atoms with Crippen molar-refractivity contribution in [1.82, 2.24) is 4.90 Å². The zero-order valence-corrected chi connectivity index (χ0v) is 18.2. The summed E-state index contributed by atoms with van der Waals surface area (Å²) >= 11 is 0. The maximum absolute atomic E-state index is 12.3. The van der Waals surface area contributed by atoms with Gasteiger partial charge < -0.3 is 9.84 Å². The Morgan fingerprint density at radius 3 is 1.66 bits per heavy atom. The van der Waals surface area contributed by atoms with E-state index in [2.05, 4.69) is 13.2 Å². The summed E-state index contributed by atoms with van der Waals surface area (Å²) in [5.74, 6) is 0.597. The van der Waals surface area contributed by atoms with Crippen LogP contribution in [0, 0.1) is 0 Å². The molecule has 0 unspecified atom stereocenters. The number of amides is 1. The number of carboxylic acid groups (broad SMARTS) is 1. The second kappa shape index (κ2) is 8.16. The fraction of sp³-hybridized carbons (Fsp3) is 0.320. The molecule has 0 aliphatic carbocycles. The van der Waals surface area contributed by atoms with E-state index in [0.717, 1.165) is 27.8 Å². The number of allylic oxidation sites excluding steroid dienone is 2. The van der Waals surface area contributed by atoms with Crippen molar-refractivity contribution in [1.29, 1.82) is 0 Å². The van der Waals surface area contributed by atoms with E-state index in [9.17, 15) is 9.90 Å². The van der Waals surface area contributed by atoms with Crippen molar-refractivity contribution in [2.75, 3.05) is 0 Å². The van der Waals surface area contributed by atoms with Gasteiger partial charge in [0.05, 0.1) is 5.54 Å². The average Bonchev–Trinajstić information content (AvgIpc) is 2.60. The molecule has 29 heavy (non-hydrogen) atoms. The molecule has 2 rings (SSSR count). The van der Waals surface area contributed by atoms with Gasteiger partial charge in [-0.3, -0.25) is 4.90 Å². The van der Waals surface area contributed by atoms with Gasteiger partial charge in [-0.25, -0.2) is 4.79 Å². The predicted molar refractivity (Wildman–Crippen MR) is 120 cm³/mol. The van der Waals surface area contributed by atoms with Crippen LogP contribution in [0.2, 0.25) is 0 Å². The Morgan fingerprint density at radius 1 is 0.862 bits per heavy atom. The van der Waals surface area contributed by atoms with Crippen LogP contribution in [0.3, 0.4) is 0 Å². The van der Waals surface area contributed by atoms with Gasteiger partial charge in [0.15, 0.2) is 5.72 Å². The van der Waals surface area contributed by atoms with E-state index < -0.39 is 17.4 Å². The van der Waals surface area contributed by atoms with E-state index in [1.165, 1.54) is 4.90 Å². The van der Waals surface area contributed by atoms with Crippen molar-refractivity contribution >= 4 is 17.2 Å². The Hall–Kier alpha value is -3.01. The first kappa shape index (κ1) is 22.3. The molecule has 2 aromatic rings. The van der Waals surface area contributed by atoms with Gasteiger partial charge in [0, 0.05) is 0 Å². The van der Waals surface area contributed by atoms with Crippen LogP contribution in [-0.4, -0.2) is 21.8 Å². The zero-order chi connectivity index (χ0) is 22.0. The average molecular weight is 394 g/mol. The molecule has 4 heteroatoms. The lowest BCUT2D eigenvalue weighted by atomic mass is 9.89. The van der Waals surface area contributed by atoms with Crippen LogP contribution in [0.25, 0.3) is 11.1 Å². The first-order chi connectivity index (χ1) is 13.4. The summed E-state index contributed by atoms with van der Waals surface area (Å²) in [5, 5.41) is 10.1. The highest BCUT2D eigenvalue weighted by Gasteiger charge is 2.44. The van der Waals surface area contributed by atoms with E-state index in [1.54, 1.807) is 13.8 Å². The Balaban J connectivity index is 2.37. The second-order valence-electron chi connectivity index (χ2n) is 8.39. The summed E-state index contributed by atoms with van der Waals surface area (Å²) in [7, 11) is 0. The fourth-order valence-electron chi connectivity index (χ4n) is 3.58. The van der Waals surface area contributed by atoms with Gasteiger partial charge >= 0.3 is 6.09 Å². The molecule has 0 aliphatic heterocycles. The summed E-state index contributed by atoms with van der Waals surface area (Å²) in [6.07, 6.45) is -1.05.